The molecule has 7 aliphatic rings. The average Bonchev–Trinajstić information content (AvgIpc) is 3.71. The fourth-order valence-corrected chi connectivity index (χ4v) is 11.5. The first kappa shape index (κ1) is 52.7. The number of benzene rings is 1. The minimum atomic E-state index is -1.76. The molecule has 1 aromatic carbocycles. The maximum absolute atomic E-state index is 15.0. The van der Waals surface area contributed by atoms with Crippen LogP contribution in [-0.2, 0) is 56.9 Å². The minimum Gasteiger partial charge on any atom is -0.461 e. The number of rotatable bonds is 10. The monoisotopic (exact) mass is 977 g/mol. The number of fused-ring (bicyclic) bond motifs is 2. The summed E-state index contributed by atoms with van der Waals surface area (Å²) in [4.78, 5) is 29.3. The van der Waals surface area contributed by atoms with E-state index in [0.717, 1.165) is 12.0 Å². The molecular weight excluding hydrogens is 901 g/mol. The number of esters is 2. The molecule has 6 aliphatic heterocycles. The molecule has 8 rings (SSSR count). The van der Waals surface area contributed by atoms with Crippen LogP contribution in [-0.4, -0.2) is 140 Å². The van der Waals surface area contributed by atoms with Gasteiger partial charge < -0.3 is 62.3 Å². The molecule has 386 valence electrons. The molecule has 0 saturated carbocycles. The van der Waals surface area contributed by atoms with Crippen LogP contribution in [0, 0.1) is 23.7 Å². The fraction of sp³-hybridized carbons (Fsp3) is 0.673. The van der Waals surface area contributed by atoms with Crippen molar-refractivity contribution in [3.05, 3.63) is 95.1 Å². The van der Waals surface area contributed by atoms with Gasteiger partial charge in [-0.1, -0.05) is 88.8 Å². The Labute approximate surface area is 413 Å². The zero-order valence-corrected chi connectivity index (χ0v) is 42.5. The van der Waals surface area contributed by atoms with E-state index in [4.69, 9.17) is 52.1 Å². The Kier molecular flexibility index (Phi) is 16.8. The summed E-state index contributed by atoms with van der Waals surface area (Å²) in [5.41, 5.74) is 0.468. The zero-order chi connectivity index (χ0) is 50.1. The van der Waals surface area contributed by atoms with Crippen molar-refractivity contribution in [2.24, 2.45) is 23.7 Å². The van der Waals surface area contributed by atoms with E-state index in [9.17, 15) is 15.0 Å². The molecule has 0 unspecified atom stereocenters. The van der Waals surface area contributed by atoms with Gasteiger partial charge in [0.05, 0.1) is 54.9 Å². The molecule has 20 atom stereocenters. The Morgan fingerprint density at radius 1 is 0.871 bits per heavy atom. The van der Waals surface area contributed by atoms with Crippen LogP contribution in [0.15, 0.2) is 89.6 Å². The molecule has 1 aliphatic carbocycles. The number of allylic oxidation sites excluding steroid dienone is 2. The van der Waals surface area contributed by atoms with Crippen molar-refractivity contribution in [1.29, 1.82) is 0 Å². The second-order valence-corrected chi connectivity index (χ2v) is 20.7. The summed E-state index contributed by atoms with van der Waals surface area (Å²) in [6, 6.07) is 8.59. The second kappa shape index (κ2) is 22.3. The summed E-state index contributed by atoms with van der Waals surface area (Å²) in [6.07, 6.45) is 7.92. The molecule has 15 nitrogen and oxygen atoms in total. The summed E-state index contributed by atoms with van der Waals surface area (Å²) >= 11 is 0. The smallest absolute Gasteiger partial charge is 0.339 e. The van der Waals surface area contributed by atoms with Gasteiger partial charge in [0.2, 0.25) is 0 Å². The summed E-state index contributed by atoms with van der Waals surface area (Å²) in [7, 11) is 3.21. The molecule has 2 N–H and O–H groups in total. The van der Waals surface area contributed by atoms with E-state index in [2.05, 4.69) is 39.8 Å². The van der Waals surface area contributed by atoms with Crippen molar-refractivity contribution in [3.63, 3.8) is 0 Å². The highest BCUT2D eigenvalue weighted by Gasteiger charge is 2.64. The Bertz CT molecular complexity index is 2140. The lowest BCUT2D eigenvalue weighted by Gasteiger charge is -2.48. The lowest BCUT2D eigenvalue weighted by molar-refractivity contribution is -0.318. The molecule has 0 amide bonds. The number of carbonyl (C=O) groups is 2. The van der Waals surface area contributed by atoms with Crippen LogP contribution in [0.3, 0.4) is 0 Å². The standard InChI is InChI=1S/C55H76O15/c1-11-30(2)49-33(5)22-23-54(69-49)28-40-25-39(68-54)21-20-32(4)48(66-45-27-43(61-10)50(36(8)64-45)67-44-26-42(60-9)47(57)35(7)63-44)31(3)16-15-19-38-29-62-51-46(56)34(6)24-41(53(59)65-40)55(38,51)70-52(58)37-17-13-12-14-18-37/h12-20,22-24,30-31,33,35-36,39-51,56-57H,11,21,25-29H2,1-10H3/b16-15+,32-20+,38-19+/t30-,31-,33-,35-,36-,39+,40-,41-,42-,43-,44-,45-,46+,47-,48-,49+,50-,51+,54+,55+/m0/s1. The van der Waals surface area contributed by atoms with Gasteiger partial charge in [-0.25, -0.2) is 4.79 Å². The first-order chi connectivity index (χ1) is 33.5. The van der Waals surface area contributed by atoms with Crippen molar-refractivity contribution in [2.45, 2.75) is 191 Å². The first-order valence-electron chi connectivity index (χ1n) is 25.4. The number of ether oxygens (including phenoxy) is 11. The third-order valence-electron chi connectivity index (χ3n) is 15.7. The molecule has 0 radical (unpaired) electrons. The van der Waals surface area contributed by atoms with Gasteiger partial charge in [0, 0.05) is 57.3 Å². The lowest BCUT2D eigenvalue weighted by atomic mass is 9.70. The van der Waals surface area contributed by atoms with Crippen LogP contribution in [0.2, 0.25) is 0 Å². The van der Waals surface area contributed by atoms with Gasteiger partial charge in [-0.05, 0) is 69.4 Å². The fourth-order valence-electron chi connectivity index (χ4n) is 11.5. The van der Waals surface area contributed by atoms with Gasteiger partial charge in [0.25, 0.3) is 0 Å². The minimum absolute atomic E-state index is 0.0183. The number of aliphatic hydroxyl groups is 2. The molecule has 1 spiro atoms. The van der Waals surface area contributed by atoms with Crippen molar-refractivity contribution >= 4 is 11.9 Å². The van der Waals surface area contributed by atoms with Crippen LogP contribution >= 0.6 is 0 Å². The van der Waals surface area contributed by atoms with E-state index in [-0.39, 0.29) is 42.4 Å². The Hall–Kier alpha value is -3.58. The summed E-state index contributed by atoms with van der Waals surface area (Å²) in [5.74, 6) is -3.49. The predicted molar refractivity (Wildman–Crippen MR) is 257 cm³/mol. The average molecular weight is 977 g/mol. The van der Waals surface area contributed by atoms with Crippen molar-refractivity contribution in [1.82, 2.24) is 0 Å². The number of carbonyl (C=O) groups excluding carboxylic acids is 2. The molecule has 0 aromatic heterocycles. The number of aliphatic hydroxyl groups excluding tert-OH is 2. The predicted octanol–water partition coefficient (Wildman–Crippen LogP) is 7.24. The van der Waals surface area contributed by atoms with Gasteiger partial charge in [0.15, 0.2) is 24.0 Å². The van der Waals surface area contributed by atoms with Crippen LogP contribution in [0.1, 0.15) is 104 Å². The lowest BCUT2D eigenvalue weighted by Crippen LogP contribution is -2.60. The Balaban J connectivity index is 1.15. The normalized spacial score (nSPS) is 44.7. The maximum Gasteiger partial charge on any atom is 0.339 e. The highest BCUT2D eigenvalue weighted by Crippen LogP contribution is 2.50. The van der Waals surface area contributed by atoms with E-state index >= 15 is 4.79 Å². The zero-order valence-electron chi connectivity index (χ0n) is 42.5. The first-order valence-corrected chi connectivity index (χ1v) is 25.4. The van der Waals surface area contributed by atoms with Gasteiger partial charge in [-0.3, -0.25) is 4.79 Å². The molecule has 70 heavy (non-hydrogen) atoms. The summed E-state index contributed by atoms with van der Waals surface area (Å²) < 4.78 is 71.2. The number of hydrogen-bond donors (Lipinski definition) is 2. The van der Waals surface area contributed by atoms with Crippen molar-refractivity contribution < 1.29 is 71.9 Å². The molecule has 6 heterocycles. The van der Waals surface area contributed by atoms with E-state index in [1.807, 2.05) is 38.2 Å². The SMILES string of the molecule is CC[C@H](C)[C@H]1O[C@]2(C=C[C@@H]1C)C[C@@H]1C[C@@H](C/C=C(\C)[C@@H](O[C@H]3C[C@H](OC)[C@@H](O[C@H]4C[C@H](OC)[C@@H](O)[C@H](C)O4)[C@H](C)O3)[C@@H](C)/C=C/C=C3\CO[C@@H]4[C@H](O)C(C)=C[C@@H](C(=O)O1)[C@]34OC(=O)c1ccccc1)O2. The van der Waals surface area contributed by atoms with Gasteiger partial charge >= 0.3 is 11.9 Å². The molecular formula is C55H76O15. The van der Waals surface area contributed by atoms with Gasteiger partial charge in [-0.2, -0.15) is 0 Å². The van der Waals surface area contributed by atoms with Crippen LogP contribution in [0.5, 0.6) is 0 Å². The van der Waals surface area contributed by atoms with Gasteiger partial charge in [0.1, 0.15) is 36.4 Å². The van der Waals surface area contributed by atoms with Crippen LogP contribution < -0.4 is 0 Å². The molecule has 15 heteroatoms. The van der Waals surface area contributed by atoms with Crippen LogP contribution in [0.25, 0.3) is 0 Å². The van der Waals surface area contributed by atoms with Crippen molar-refractivity contribution in [3.8, 4) is 0 Å². The van der Waals surface area contributed by atoms with E-state index in [1.165, 1.54) is 0 Å². The third kappa shape index (κ3) is 10.9. The molecule has 2 bridgehead atoms. The Morgan fingerprint density at radius 3 is 2.31 bits per heavy atom. The highest BCUT2D eigenvalue weighted by molar-refractivity contribution is 5.91. The quantitative estimate of drug-likeness (QED) is 0.177. The third-order valence-corrected chi connectivity index (χ3v) is 15.7. The number of methoxy groups -OCH3 is 2. The van der Waals surface area contributed by atoms with E-state index < -0.39 is 109 Å². The van der Waals surface area contributed by atoms with E-state index in [0.29, 0.717) is 36.8 Å². The maximum atomic E-state index is 15.0. The molecule has 4 fully saturated rings. The van der Waals surface area contributed by atoms with E-state index in [1.54, 1.807) is 64.5 Å². The van der Waals surface area contributed by atoms with Gasteiger partial charge in [-0.15, -0.1) is 0 Å². The summed E-state index contributed by atoms with van der Waals surface area (Å²) in [5, 5.41) is 22.3. The highest BCUT2D eigenvalue weighted by atomic mass is 16.7. The summed E-state index contributed by atoms with van der Waals surface area (Å²) in [6.45, 7) is 16.0. The Morgan fingerprint density at radius 2 is 1.59 bits per heavy atom. The largest absolute Gasteiger partial charge is 0.461 e. The topological polar surface area (TPSA) is 176 Å². The van der Waals surface area contributed by atoms with Crippen molar-refractivity contribution in [2.75, 3.05) is 20.8 Å². The van der Waals surface area contributed by atoms with Crippen LogP contribution in [0.4, 0.5) is 0 Å². The number of hydrogen-bond acceptors (Lipinski definition) is 15. The molecule has 1 aromatic rings. The molecule has 4 saturated heterocycles. The second-order valence-electron chi connectivity index (χ2n) is 20.7.